The maximum Gasteiger partial charge on any atom is 0.241 e. The van der Waals surface area contributed by atoms with Gasteiger partial charge in [0, 0.05) is 17.3 Å². The highest BCUT2D eigenvalue weighted by molar-refractivity contribution is 5.96. The molecule has 1 aromatic carbocycles. The van der Waals surface area contributed by atoms with Crippen LogP contribution in [-0.4, -0.2) is 10.9 Å². The van der Waals surface area contributed by atoms with Crippen LogP contribution >= 0.6 is 0 Å². The van der Waals surface area contributed by atoms with Gasteiger partial charge in [-0.25, -0.2) is 0 Å². The zero-order chi connectivity index (χ0) is 13.7. The number of rotatable bonds is 4. The molecule has 0 spiro atoms. The Hall–Kier alpha value is -2.41. The molecule has 0 fully saturated rings. The Kier molecular flexibility index (Phi) is 4.09. The summed E-state index contributed by atoms with van der Waals surface area (Å²) >= 11 is 0. The van der Waals surface area contributed by atoms with E-state index in [2.05, 4.69) is 10.3 Å². The van der Waals surface area contributed by atoms with Crippen molar-refractivity contribution in [3.63, 3.8) is 0 Å². The lowest BCUT2D eigenvalue weighted by atomic mass is 10.0. The van der Waals surface area contributed by atoms with E-state index in [0.29, 0.717) is 12.1 Å². The summed E-state index contributed by atoms with van der Waals surface area (Å²) < 4.78 is 0. The predicted molar refractivity (Wildman–Crippen MR) is 74.4 cm³/mol. The number of benzene rings is 1. The lowest BCUT2D eigenvalue weighted by molar-refractivity contribution is -0.118. The second kappa shape index (κ2) is 5.96. The zero-order valence-corrected chi connectivity index (χ0v) is 10.8. The minimum absolute atomic E-state index is 0.243. The molecule has 0 aliphatic heterocycles. The molecule has 2 aromatic rings. The Balaban J connectivity index is 2.17. The molecule has 1 unspecified atom stereocenters. The third-order valence-corrected chi connectivity index (χ3v) is 2.92. The average Bonchev–Trinajstić information content (AvgIpc) is 2.44. The molecule has 4 heteroatoms. The van der Waals surface area contributed by atoms with Crippen LogP contribution in [-0.2, 0) is 4.79 Å². The standard InChI is InChI=1S/C15H15N3O/c1-2-4-12(10-16)15(19)18-13-6-7-14-11(9-13)5-3-8-17-14/h3,5-9,12H,2,4H2,1H3,(H,18,19). The van der Waals surface area contributed by atoms with Crippen LogP contribution in [0.5, 0.6) is 0 Å². The third-order valence-electron chi connectivity index (χ3n) is 2.92. The molecule has 1 amide bonds. The van der Waals surface area contributed by atoms with E-state index in [1.807, 2.05) is 37.3 Å². The molecule has 4 nitrogen and oxygen atoms in total. The van der Waals surface area contributed by atoms with Gasteiger partial charge in [0.1, 0.15) is 5.92 Å². The van der Waals surface area contributed by atoms with E-state index in [-0.39, 0.29) is 5.91 Å². The molecule has 0 saturated heterocycles. The van der Waals surface area contributed by atoms with Crippen molar-refractivity contribution in [2.75, 3.05) is 5.32 Å². The van der Waals surface area contributed by atoms with Gasteiger partial charge in [-0.3, -0.25) is 9.78 Å². The van der Waals surface area contributed by atoms with Crippen LogP contribution in [0, 0.1) is 17.2 Å². The SMILES string of the molecule is CCCC(C#N)C(=O)Nc1ccc2ncccc2c1. The van der Waals surface area contributed by atoms with Gasteiger partial charge in [-0.2, -0.15) is 5.26 Å². The maximum absolute atomic E-state index is 11.9. The first kappa shape index (κ1) is 13.0. The number of nitrogens with one attached hydrogen (secondary N) is 1. The number of nitrogens with zero attached hydrogens (tertiary/aromatic N) is 2. The summed E-state index contributed by atoms with van der Waals surface area (Å²) in [5, 5.41) is 12.7. The van der Waals surface area contributed by atoms with Gasteiger partial charge in [0.05, 0.1) is 11.6 Å². The summed E-state index contributed by atoms with van der Waals surface area (Å²) in [6, 6.07) is 11.3. The van der Waals surface area contributed by atoms with Gasteiger partial charge < -0.3 is 5.32 Å². The molecule has 96 valence electrons. The maximum atomic E-state index is 11.9. The van der Waals surface area contributed by atoms with Crippen LogP contribution in [0.15, 0.2) is 36.5 Å². The highest BCUT2D eigenvalue weighted by Gasteiger charge is 2.16. The molecule has 19 heavy (non-hydrogen) atoms. The molecule has 0 saturated carbocycles. The van der Waals surface area contributed by atoms with E-state index >= 15 is 0 Å². The Morgan fingerprint density at radius 2 is 2.32 bits per heavy atom. The van der Waals surface area contributed by atoms with Crippen molar-refractivity contribution in [1.82, 2.24) is 4.98 Å². The van der Waals surface area contributed by atoms with E-state index in [4.69, 9.17) is 5.26 Å². The van der Waals surface area contributed by atoms with Crippen LogP contribution in [0.4, 0.5) is 5.69 Å². The van der Waals surface area contributed by atoms with Crippen molar-refractivity contribution in [2.45, 2.75) is 19.8 Å². The summed E-state index contributed by atoms with van der Waals surface area (Å²) in [4.78, 5) is 16.1. The Labute approximate surface area is 112 Å². The molecular weight excluding hydrogens is 238 g/mol. The van der Waals surface area contributed by atoms with Crippen LogP contribution in [0.2, 0.25) is 0 Å². The molecular formula is C15H15N3O. The second-order valence-corrected chi connectivity index (χ2v) is 4.37. The molecule has 0 aliphatic rings. The smallest absolute Gasteiger partial charge is 0.241 e. The number of nitriles is 1. The fourth-order valence-corrected chi connectivity index (χ4v) is 1.93. The van der Waals surface area contributed by atoms with Crippen molar-refractivity contribution in [3.05, 3.63) is 36.5 Å². The van der Waals surface area contributed by atoms with Crippen molar-refractivity contribution >= 4 is 22.5 Å². The van der Waals surface area contributed by atoms with E-state index in [1.54, 1.807) is 12.3 Å². The number of hydrogen-bond donors (Lipinski definition) is 1. The van der Waals surface area contributed by atoms with Gasteiger partial charge >= 0.3 is 0 Å². The van der Waals surface area contributed by atoms with Gasteiger partial charge in [-0.15, -0.1) is 0 Å². The molecule has 0 bridgehead atoms. The fraction of sp³-hybridized carbons (Fsp3) is 0.267. The minimum Gasteiger partial charge on any atom is -0.325 e. The highest BCUT2D eigenvalue weighted by atomic mass is 16.1. The molecule has 0 radical (unpaired) electrons. The van der Waals surface area contributed by atoms with Crippen molar-refractivity contribution in [2.24, 2.45) is 5.92 Å². The van der Waals surface area contributed by atoms with E-state index in [9.17, 15) is 4.79 Å². The van der Waals surface area contributed by atoms with Crippen molar-refractivity contribution in [1.29, 1.82) is 5.26 Å². The number of amides is 1. The fourth-order valence-electron chi connectivity index (χ4n) is 1.93. The molecule has 0 aliphatic carbocycles. The number of fused-ring (bicyclic) bond motifs is 1. The lowest BCUT2D eigenvalue weighted by Crippen LogP contribution is -2.21. The molecule has 1 atom stereocenters. The molecule has 1 heterocycles. The van der Waals surface area contributed by atoms with Crippen LogP contribution in [0.1, 0.15) is 19.8 Å². The van der Waals surface area contributed by atoms with Crippen molar-refractivity contribution in [3.8, 4) is 6.07 Å². The number of carbonyl (C=O) groups excluding carboxylic acids is 1. The monoisotopic (exact) mass is 253 g/mol. The number of hydrogen-bond acceptors (Lipinski definition) is 3. The van der Waals surface area contributed by atoms with E-state index < -0.39 is 5.92 Å². The first-order chi connectivity index (χ1) is 9.24. The summed E-state index contributed by atoms with van der Waals surface area (Å²) in [5.74, 6) is -0.831. The van der Waals surface area contributed by atoms with Gasteiger partial charge in [-0.05, 0) is 30.7 Å². The topological polar surface area (TPSA) is 65.8 Å². The van der Waals surface area contributed by atoms with Crippen molar-refractivity contribution < 1.29 is 4.79 Å². The normalized spacial score (nSPS) is 11.8. The van der Waals surface area contributed by atoms with Crippen LogP contribution < -0.4 is 5.32 Å². The second-order valence-electron chi connectivity index (χ2n) is 4.37. The molecule has 1 N–H and O–H groups in total. The summed E-state index contributed by atoms with van der Waals surface area (Å²) in [6.07, 6.45) is 3.12. The van der Waals surface area contributed by atoms with Gasteiger partial charge in [0.25, 0.3) is 0 Å². The third kappa shape index (κ3) is 3.08. The average molecular weight is 253 g/mol. The summed E-state index contributed by atoms with van der Waals surface area (Å²) in [6.45, 7) is 1.96. The zero-order valence-electron chi connectivity index (χ0n) is 10.8. The quantitative estimate of drug-likeness (QED) is 0.910. The van der Waals surface area contributed by atoms with E-state index in [1.165, 1.54) is 0 Å². The van der Waals surface area contributed by atoms with Gasteiger partial charge in [0.2, 0.25) is 5.91 Å². The first-order valence-electron chi connectivity index (χ1n) is 6.30. The highest BCUT2D eigenvalue weighted by Crippen LogP contribution is 2.18. The van der Waals surface area contributed by atoms with Gasteiger partial charge in [-0.1, -0.05) is 19.4 Å². The summed E-state index contributed by atoms with van der Waals surface area (Å²) in [7, 11) is 0. The summed E-state index contributed by atoms with van der Waals surface area (Å²) in [5.41, 5.74) is 1.58. The minimum atomic E-state index is -0.588. The Morgan fingerprint density at radius 3 is 3.05 bits per heavy atom. The number of aromatic nitrogens is 1. The Bertz CT molecular complexity index is 631. The first-order valence-corrected chi connectivity index (χ1v) is 6.30. The predicted octanol–water partition coefficient (Wildman–Crippen LogP) is 3.11. The Morgan fingerprint density at radius 1 is 1.47 bits per heavy atom. The largest absolute Gasteiger partial charge is 0.325 e. The van der Waals surface area contributed by atoms with Gasteiger partial charge in [0.15, 0.2) is 0 Å². The number of carbonyl (C=O) groups is 1. The lowest BCUT2D eigenvalue weighted by Gasteiger charge is -2.09. The van der Waals surface area contributed by atoms with Crippen LogP contribution in [0.25, 0.3) is 10.9 Å². The number of pyridine rings is 1. The van der Waals surface area contributed by atoms with E-state index in [0.717, 1.165) is 17.3 Å². The molecule has 2 rings (SSSR count). The van der Waals surface area contributed by atoms with Crippen LogP contribution in [0.3, 0.4) is 0 Å². The molecule has 1 aromatic heterocycles. The number of anilines is 1.